The number of halogens is 2. The minimum absolute atomic E-state index is 0.389. The van der Waals surface area contributed by atoms with E-state index in [1.807, 2.05) is 36.6 Å². The summed E-state index contributed by atoms with van der Waals surface area (Å²) >= 11 is 12.5. The SMILES string of the molecule is Cc1cc(C=Nn2c(=O)[nH]c3ccccc3c2=O)c(C)n1-c1cccc(Cl)c1Cl. The van der Waals surface area contributed by atoms with E-state index in [1.165, 1.54) is 6.21 Å². The lowest BCUT2D eigenvalue weighted by Crippen LogP contribution is -2.32. The smallest absolute Gasteiger partial charge is 0.316 e. The van der Waals surface area contributed by atoms with Crippen molar-refractivity contribution in [3.63, 3.8) is 0 Å². The van der Waals surface area contributed by atoms with Gasteiger partial charge in [0.05, 0.1) is 32.9 Å². The molecule has 0 spiro atoms. The standard InChI is InChI=1S/C21H16Cl2N4O2/c1-12-10-14(13(2)26(12)18-9-5-7-16(22)19(18)23)11-24-27-20(28)15-6-3-4-8-17(15)25-21(27)29/h3-11H,1-2H3,(H,25,29). The summed E-state index contributed by atoms with van der Waals surface area (Å²) < 4.78 is 2.77. The highest BCUT2D eigenvalue weighted by atomic mass is 35.5. The summed E-state index contributed by atoms with van der Waals surface area (Å²) in [6.07, 6.45) is 1.49. The first-order valence-corrected chi connectivity index (χ1v) is 9.56. The van der Waals surface area contributed by atoms with Gasteiger partial charge in [-0.15, -0.1) is 4.68 Å². The number of nitrogens with zero attached hydrogens (tertiary/aromatic N) is 3. The molecule has 0 saturated carbocycles. The van der Waals surface area contributed by atoms with Crippen molar-refractivity contribution in [1.29, 1.82) is 0 Å². The molecule has 0 radical (unpaired) electrons. The van der Waals surface area contributed by atoms with E-state index in [-0.39, 0.29) is 0 Å². The third kappa shape index (κ3) is 3.30. The van der Waals surface area contributed by atoms with E-state index in [0.29, 0.717) is 20.9 Å². The zero-order valence-electron chi connectivity index (χ0n) is 15.6. The van der Waals surface area contributed by atoms with Crippen molar-refractivity contribution in [1.82, 2.24) is 14.2 Å². The third-order valence-electron chi connectivity index (χ3n) is 4.74. The van der Waals surface area contributed by atoms with Crippen LogP contribution in [0.4, 0.5) is 0 Å². The Morgan fingerprint density at radius 1 is 1.03 bits per heavy atom. The van der Waals surface area contributed by atoms with E-state index < -0.39 is 11.2 Å². The van der Waals surface area contributed by atoms with Crippen LogP contribution in [0.2, 0.25) is 10.0 Å². The number of fused-ring (bicyclic) bond motifs is 1. The van der Waals surface area contributed by atoms with Gasteiger partial charge in [0.25, 0.3) is 5.56 Å². The molecule has 0 aliphatic carbocycles. The summed E-state index contributed by atoms with van der Waals surface area (Å²) in [5, 5.41) is 5.43. The highest BCUT2D eigenvalue weighted by Crippen LogP contribution is 2.31. The van der Waals surface area contributed by atoms with Gasteiger partial charge in [-0.25, -0.2) is 4.79 Å². The van der Waals surface area contributed by atoms with E-state index in [0.717, 1.165) is 27.3 Å². The van der Waals surface area contributed by atoms with Crippen molar-refractivity contribution in [3.05, 3.63) is 96.4 Å². The van der Waals surface area contributed by atoms with Crippen molar-refractivity contribution in [2.45, 2.75) is 13.8 Å². The first kappa shape index (κ1) is 19.2. The number of aryl methyl sites for hydroxylation is 1. The van der Waals surface area contributed by atoms with Crippen LogP contribution in [0, 0.1) is 13.8 Å². The van der Waals surface area contributed by atoms with Crippen molar-refractivity contribution < 1.29 is 0 Å². The molecule has 6 nitrogen and oxygen atoms in total. The first-order chi connectivity index (χ1) is 13.9. The van der Waals surface area contributed by atoms with Crippen molar-refractivity contribution in [2.75, 3.05) is 0 Å². The van der Waals surface area contributed by atoms with Crippen LogP contribution in [0.3, 0.4) is 0 Å². The molecule has 8 heteroatoms. The zero-order valence-corrected chi connectivity index (χ0v) is 17.1. The van der Waals surface area contributed by atoms with Gasteiger partial charge in [-0.3, -0.25) is 4.79 Å². The molecule has 0 bridgehead atoms. The van der Waals surface area contributed by atoms with E-state index in [4.69, 9.17) is 23.2 Å². The number of H-pyrrole nitrogens is 1. The number of nitrogens with one attached hydrogen (secondary N) is 1. The second-order valence-electron chi connectivity index (χ2n) is 6.57. The maximum absolute atomic E-state index is 12.6. The number of aromatic amines is 1. The van der Waals surface area contributed by atoms with Crippen LogP contribution in [-0.2, 0) is 0 Å². The summed E-state index contributed by atoms with van der Waals surface area (Å²) in [5.41, 5.74) is 2.65. The summed E-state index contributed by atoms with van der Waals surface area (Å²) in [4.78, 5) is 27.6. The van der Waals surface area contributed by atoms with E-state index >= 15 is 0 Å². The molecule has 146 valence electrons. The second kappa shape index (κ2) is 7.39. The van der Waals surface area contributed by atoms with Crippen LogP contribution in [-0.4, -0.2) is 20.4 Å². The molecule has 0 saturated heterocycles. The molecular formula is C21H16Cl2N4O2. The van der Waals surface area contributed by atoms with Crippen molar-refractivity contribution >= 4 is 40.3 Å². The maximum Gasteiger partial charge on any atom is 0.349 e. The van der Waals surface area contributed by atoms with Crippen molar-refractivity contribution in [2.24, 2.45) is 5.10 Å². The van der Waals surface area contributed by atoms with Crippen molar-refractivity contribution in [3.8, 4) is 5.69 Å². The average molecular weight is 427 g/mol. The quantitative estimate of drug-likeness (QED) is 0.496. The number of rotatable bonds is 3. The summed E-state index contributed by atoms with van der Waals surface area (Å²) in [5.74, 6) is 0. The lowest BCUT2D eigenvalue weighted by atomic mass is 10.2. The van der Waals surface area contributed by atoms with Gasteiger partial charge in [0.2, 0.25) is 0 Å². The predicted octanol–water partition coefficient (Wildman–Crippen LogP) is 4.29. The van der Waals surface area contributed by atoms with Gasteiger partial charge in [0.15, 0.2) is 0 Å². The van der Waals surface area contributed by atoms with Crippen LogP contribution in [0.1, 0.15) is 17.0 Å². The fraction of sp³-hybridized carbons (Fsp3) is 0.0952. The molecule has 2 aromatic heterocycles. The van der Waals surface area contributed by atoms with Gasteiger partial charge in [-0.1, -0.05) is 41.4 Å². The Hall–Kier alpha value is -3.09. The highest BCUT2D eigenvalue weighted by molar-refractivity contribution is 6.43. The lowest BCUT2D eigenvalue weighted by Gasteiger charge is -2.12. The Morgan fingerprint density at radius 2 is 1.79 bits per heavy atom. The van der Waals surface area contributed by atoms with Gasteiger partial charge in [-0.2, -0.15) is 5.10 Å². The van der Waals surface area contributed by atoms with E-state index in [9.17, 15) is 9.59 Å². The van der Waals surface area contributed by atoms with E-state index in [2.05, 4.69) is 10.1 Å². The molecule has 0 atom stereocenters. The number of hydrogen-bond acceptors (Lipinski definition) is 3. The fourth-order valence-corrected chi connectivity index (χ4v) is 3.71. The molecule has 0 unspecified atom stereocenters. The molecule has 0 fully saturated rings. The minimum Gasteiger partial charge on any atom is -0.316 e. The molecule has 0 aliphatic heterocycles. The maximum atomic E-state index is 12.6. The lowest BCUT2D eigenvalue weighted by molar-refractivity contribution is 0.771. The fourth-order valence-electron chi connectivity index (χ4n) is 3.33. The Balaban J connectivity index is 1.82. The van der Waals surface area contributed by atoms with Gasteiger partial charge in [0, 0.05) is 17.0 Å². The highest BCUT2D eigenvalue weighted by Gasteiger charge is 2.14. The van der Waals surface area contributed by atoms with Gasteiger partial charge in [0.1, 0.15) is 0 Å². The topological polar surface area (TPSA) is 72.2 Å². The monoisotopic (exact) mass is 426 g/mol. The Bertz CT molecular complexity index is 1400. The Kier molecular flexibility index (Phi) is 4.90. The number of para-hydroxylation sites is 1. The Morgan fingerprint density at radius 3 is 2.59 bits per heavy atom. The Labute approximate surface area is 175 Å². The normalized spacial score (nSPS) is 11.6. The third-order valence-corrected chi connectivity index (χ3v) is 5.55. The zero-order chi connectivity index (χ0) is 20.7. The second-order valence-corrected chi connectivity index (χ2v) is 7.36. The van der Waals surface area contributed by atoms with Crippen LogP contribution < -0.4 is 11.2 Å². The van der Waals surface area contributed by atoms with Crippen LogP contribution in [0.5, 0.6) is 0 Å². The predicted molar refractivity (Wildman–Crippen MR) is 117 cm³/mol. The van der Waals surface area contributed by atoms with Gasteiger partial charge >= 0.3 is 5.69 Å². The van der Waals surface area contributed by atoms with Crippen LogP contribution in [0.15, 0.2) is 63.2 Å². The summed E-state index contributed by atoms with van der Waals surface area (Å²) in [6, 6.07) is 14.1. The molecule has 0 amide bonds. The largest absolute Gasteiger partial charge is 0.349 e. The molecule has 29 heavy (non-hydrogen) atoms. The molecule has 1 N–H and O–H groups in total. The molecular weight excluding hydrogens is 411 g/mol. The number of aromatic nitrogens is 3. The summed E-state index contributed by atoms with van der Waals surface area (Å²) in [6.45, 7) is 3.83. The average Bonchev–Trinajstić information content (AvgIpc) is 2.97. The number of benzene rings is 2. The minimum atomic E-state index is -0.600. The molecule has 4 aromatic rings. The molecule has 2 heterocycles. The number of hydrogen-bond donors (Lipinski definition) is 1. The molecule has 4 rings (SSSR count). The molecule has 2 aromatic carbocycles. The van der Waals surface area contributed by atoms with Gasteiger partial charge in [-0.05, 0) is 44.2 Å². The van der Waals surface area contributed by atoms with Gasteiger partial charge < -0.3 is 9.55 Å². The van der Waals surface area contributed by atoms with Crippen LogP contribution >= 0.6 is 23.2 Å². The summed E-state index contributed by atoms with van der Waals surface area (Å²) in [7, 11) is 0. The van der Waals surface area contributed by atoms with Crippen LogP contribution in [0.25, 0.3) is 16.6 Å². The van der Waals surface area contributed by atoms with E-state index in [1.54, 1.807) is 30.3 Å². The molecule has 0 aliphatic rings. The first-order valence-electron chi connectivity index (χ1n) is 8.80.